The second-order valence-corrected chi connectivity index (χ2v) is 5.35. The molecule has 0 bridgehead atoms. The predicted molar refractivity (Wildman–Crippen MR) is 72.9 cm³/mol. The fourth-order valence-electron chi connectivity index (χ4n) is 2.21. The molecule has 2 rings (SSSR count). The molecule has 0 aromatic heterocycles. The third kappa shape index (κ3) is 3.29. The largest absolute Gasteiger partial charge is 0.386 e. The first-order chi connectivity index (χ1) is 9.50. The Hall–Kier alpha value is -1.17. The number of halogens is 2. The van der Waals surface area contributed by atoms with Gasteiger partial charge in [0.1, 0.15) is 11.9 Å². The average Bonchev–Trinajstić information content (AvgIpc) is 2.92. The number of hydrogen-bond donors (Lipinski definition) is 2. The van der Waals surface area contributed by atoms with Crippen LogP contribution in [0.15, 0.2) is 18.2 Å². The maximum absolute atomic E-state index is 13.7. The van der Waals surface area contributed by atoms with Crippen molar-refractivity contribution in [1.82, 2.24) is 5.32 Å². The van der Waals surface area contributed by atoms with Gasteiger partial charge in [0.25, 0.3) is 0 Å². The molecular formula is C14H17ClFNO3. The van der Waals surface area contributed by atoms with Crippen molar-refractivity contribution in [2.45, 2.75) is 25.5 Å². The van der Waals surface area contributed by atoms with E-state index in [-0.39, 0.29) is 22.4 Å². The molecular weight excluding hydrogens is 285 g/mol. The molecule has 6 heteroatoms. The lowest BCUT2D eigenvalue weighted by atomic mass is 10.0. The number of carbonyl (C=O) groups is 1. The molecule has 1 aliphatic rings. The van der Waals surface area contributed by atoms with E-state index >= 15 is 0 Å². The zero-order valence-electron chi connectivity index (χ0n) is 11.1. The van der Waals surface area contributed by atoms with Crippen LogP contribution in [0.2, 0.25) is 5.02 Å². The van der Waals surface area contributed by atoms with Crippen molar-refractivity contribution in [2.24, 2.45) is 5.92 Å². The Bertz CT molecular complexity index is 471. The van der Waals surface area contributed by atoms with Gasteiger partial charge in [0.05, 0.1) is 18.6 Å². The van der Waals surface area contributed by atoms with Crippen molar-refractivity contribution >= 4 is 17.5 Å². The van der Waals surface area contributed by atoms with Crippen molar-refractivity contribution < 1.29 is 19.0 Å². The van der Waals surface area contributed by atoms with Crippen molar-refractivity contribution in [2.75, 3.05) is 13.2 Å². The van der Waals surface area contributed by atoms with E-state index in [4.69, 9.17) is 16.3 Å². The summed E-state index contributed by atoms with van der Waals surface area (Å²) in [6.45, 7) is 2.56. The first-order valence-electron chi connectivity index (χ1n) is 6.50. The van der Waals surface area contributed by atoms with Gasteiger partial charge in [0, 0.05) is 17.2 Å². The zero-order valence-corrected chi connectivity index (χ0v) is 11.9. The molecule has 1 amide bonds. The maximum Gasteiger partial charge on any atom is 0.225 e. The SMILES string of the molecule is CC(NC(=O)C1CCOC1)C(O)c1c(F)cccc1Cl. The fraction of sp³-hybridized carbons (Fsp3) is 0.500. The van der Waals surface area contributed by atoms with E-state index < -0.39 is 18.0 Å². The topological polar surface area (TPSA) is 58.6 Å². The fourth-order valence-corrected chi connectivity index (χ4v) is 2.48. The van der Waals surface area contributed by atoms with Gasteiger partial charge in [0.15, 0.2) is 0 Å². The van der Waals surface area contributed by atoms with Crippen LogP contribution in [0.5, 0.6) is 0 Å². The first-order valence-corrected chi connectivity index (χ1v) is 6.88. The lowest BCUT2D eigenvalue weighted by Gasteiger charge is -2.23. The van der Waals surface area contributed by atoms with E-state index in [9.17, 15) is 14.3 Å². The van der Waals surface area contributed by atoms with Crippen LogP contribution in [-0.4, -0.2) is 30.3 Å². The van der Waals surface area contributed by atoms with E-state index in [2.05, 4.69) is 5.32 Å². The molecule has 0 radical (unpaired) electrons. The lowest BCUT2D eigenvalue weighted by Crippen LogP contribution is -2.41. The number of nitrogens with one attached hydrogen (secondary N) is 1. The van der Waals surface area contributed by atoms with Crippen LogP contribution in [0.4, 0.5) is 4.39 Å². The van der Waals surface area contributed by atoms with Crippen LogP contribution in [0.25, 0.3) is 0 Å². The Balaban J connectivity index is 2.04. The number of aliphatic hydroxyl groups is 1. The molecule has 0 aliphatic carbocycles. The second-order valence-electron chi connectivity index (χ2n) is 4.94. The van der Waals surface area contributed by atoms with Gasteiger partial charge >= 0.3 is 0 Å². The van der Waals surface area contributed by atoms with Crippen LogP contribution < -0.4 is 5.32 Å². The second kappa shape index (κ2) is 6.52. The Morgan fingerprint density at radius 1 is 1.60 bits per heavy atom. The number of aliphatic hydroxyl groups excluding tert-OH is 1. The highest BCUT2D eigenvalue weighted by molar-refractivity contribution is 6.31. The standard InChI is InChI=1S/C14H17ClFNO3/c1-8(17-14(19)9-5-6-20-7-9)13(18)12-10(15)3-2-4-11(12)16/h2-4,8-9,13,18H,5-7H2,1H3,(H,17,19). The quantitative estimate of drug-likeness (QED) is 0.895. The molecule has 4 nitrogen and oxygen atoms in total. The van der Waals surface area contributed by atoms with Gasteiger partial charge in [-0.15, -0.1) is 0 Å². The molecule has 2 N–H and O–H groups in total. The summed E-state index contributed by atoms with van der Waals surface area (Å²) in [6.07, 6.45) is -0.537. The van der Waals surface area contributed by atoms with Crippen molar-refractivity contribution in [3.63, 3.8) is 0 Å². The molecule has 3 unspecified atom stereocenters. The van der Waals surface area contributed by atoms with Gasteiger partial charge in [-0.1, -0.05) is 17.7 Å². The highest BCUT2D eigenvalue weighted by Gasteiger charge is 2.28. The van der Waals surface area contributed by atoms with E-state index in [0.717, 1.165) is 0 Å². The van der Waals surface area contributed by atoms with Crippen LogP contribution in [-0.2, 0) is 9.53 Å². The third-order valence-electron chi connectivity index (χ3n) is 3.44. The van der Waals surface area contributed by atoms with Crippen LogP contribution in [0.3, 0.4) is 0 Å². The molecule has 1 aromatic carbocycles. The summed E-state index contributed by atoms with van der Waals surface area (Å²) < 4.78 is 18.9. The van der Waals surface area contributed by atoms with Crippen LogP contribution in [0.1, 0.15) is 25.0 Å². The summed E-state index contributed by atoms with van der Waals surface area (Å²) in [4.78, 5) is 11.9. The smallest absolute Gasteiger partial charge is 0.225 e. The van der Waals surface area contributed by atoms with E-state index in [1.807, 2.05) is 0 Å². The van der Waals surface area contributed by atoms with Crippen LogP contribution in [0, 0.1) is 11.7 Å². The monoisotopic (exact) mass is 301 g/mol. The molecule has 1 heterocycles. The average molecular weight is 302 g/mol. The molecule has 1 aliphatic heterocycles. The van der Waals surface area contributed by atoms with Crippen molar-refractivity contribution in [1.29, 1.82) is 0 Å². The minimum atomic E-state index is -1.20. The van der Waals surface area contributed by atoms with E-state index in [1.165, 1.54) is 18.2 Å². The number of carbonyl (C=O) groups excluding carboxylic acids is 1. The summed E-state index contributed by atoms with van der Waals surface area (Å²) in [7, 11) is 0. The zero-order chi connectivity index (χ0) is 14.7. The molecule has 1 saturated heterocycles. The van der Waals surface area contributed by atoms with E-state index in [1.54, 1.807) is 6.92 Å². The lowest BCUT2D eigenvalue weighted by molar-refractivity contribution is -0.126. The Kier molecular flexibility index (Phi) is 4.96. The number of hydrogen-bond acceptors (Lipinski definition) is 3. The van der Waals surface area contributed by atoms with Gasteiger partial charge in [0.2, 0.25) is 5.91 Å². The minimum Gasteiger partial charge on any atom is -0.386 e. The molecule has 1 aromatic rings. The number of ether oxygens (including phenoxy) is 1. The highest BCUT2D eigenvalue weighted by atomic mass is 35.5. The van der Waals surface area contributed by atoms with Gasteiger partial charge in [-0.2, -0.15) is 0 Å². The van der Waals surface area contributed by atoms with Gasteiger partial charge in [-0.25, -0.2) is 4.39 Å². The summed E-state index contributed by atoms with van der Waals surface area (Å²) in [5, 5.41) is 13.0. The van der Waals surface area contributed by atoms with Crippen molar-refractivity contribution in [3.8, 4) is 0 Å². The molecule has 3 atom stereocenters. The molecule has 0 saturated carbocycles. The van der Waals surface area contributed by atoms with Crippen molar-refractivity contribution in [3.05, 3.63) is 34.6 Å². The summed E-state index contributed by atoms with van der Waals surface area (Å²) in [5.74, 6) is -0.988. The predicted octanol–water partition coefficient (Wildman–Crippen LogP) is 2.05. The minimum absolute atomic E-state index is 0.00430. The van der Waals surface area contributed by atoms with Crippen LogP contribution >= 0.6 is 11.6 Å². The van der Waals surface area contributed by atoms with Gasteiger partial charge < -0.3 is 15.2 Å². The molecule has 1 fully saturated rings. The Morgan fingerprint density at radius 2 is 2.35 bits per heavy atom. The molecule has 110 valence electrons. The van der Waals surface area contributed by atoms with Gasteiger partial charge in [-0.3, -0.25) is 4.79 Å². The Labute approximate surface area is 121 Å². The van der Waals surface area contributed by atoms with E-state index in [0.29, 0.717) is 19.6 Å². The number of rotatable bonds is 4. The van der Waals surface area contributed by atoms with Gasteiger partial charge in [-0.05, 0) is 25.5 Å². The Morgan fingerprint density at radius 3 is 2.95 bits per heavy atom. The molecule has 0 spiro atoms. The maximum atomic E-state index is 13.7. The normalized spacial score (nSPS) is 21.5. The highest BCUT2D eigenvalue weighted by Crippen LogP contribution is 2.28. The third-order valence-corrected chi connectivity index (χ3v) is 3.77. The first kappa shape index (κ1) is 15.2. The number of amides is 1. The summed E-state index contributed by atoms with van der Waals surface area (Å²) in [6, 6.07) is 3.55. The summed E-state index contributed by atoms with van der Waals surface area (Å²) in [5.41, 5.74) is 0.00430. The molecule has 20 heavy (non-hydrogen) atoms. The number of benzene rings is 1. The summed E-state index contributed by atoms with van der Waals surface area (Å²) >= 11 is 5.90.